The molecular formula is C19H27N5O. The maximum atomic E-state index is 12.2. The maximum Gasteiger partial charge on any atom is 0.315 e. The molecule has 1 aliphatic rings. The largest absolute Gasteiger partial charge is 0.335 e. The Balaban J connectivity index is 1.52. The van der Waals surface area contributed by atoms with Gasteiger partial charge in [0, 0.05) is 31.2 Å². The molecule has 0 spiro atoms. The number of amides is 2. The van der Waals surface area contributed by atoms with Crippen molar-refractivity contribution in [2.45, 2.75) is 52.6 Å². The summed E-state index contributed by atoms with van der Waals surface area (Å²) < 4.78 is 1.70. The number of hydrogen-bond acceptors (Lipinski definition) is 3. The van der Waals surface area contributed by atoms with Gasteiger partial charge in [-0.2, -0.15) is 5.10 Å². The number of pyridine rings is 1. The van der Waals surface area contributed by atoms with Crippen LogP contribution in [0.15, 0.2) is 36.8 Å². The van der Waals surface area contributed by atoms with E-state index < -0.39 is 0 Å². The van der Waals surface area contributed by atoms with Gasteiger partial charge in [-0.05, 0) is 54.4 Å². The molecule has 0 bridgehead atoms. The highest BCUT2D eigenvalue weighted by molar-refractivity contribution is 5.74. The van der Waals surface area contributed by atoms with Gasteiger partial charge >= 0.3 is 6.03 Å². The van der Waals surface area contributed by atoms with Crippen LogP contribution in [-0.4, -0.2) is 26.8 Å². The van der Waals surface area contributed by atoms with E-state index in [0.717, 1.165) is 30.6 Å². The Bertz CT molecular complexity index is 710. The van der Waals surface area contributed by atoms with Gasteiger partial charge < -0.3 is 10.6 Å². The van der Waals surface area contributed by atoms with Crippen molar-refractivity contribution in [2.24, 2.45) is 11.3 Å². The Morgan fingerprint density at radius 1 is 1.40 bits per heavy atom. The van der Waals surface area contributed by atoms with Crippen LogP contribution in [0.4, 0.5) is 4.79 Å². The van der Waals surface area contributed by atoms with Crippen LogP contribution in [0.2, 0.25) is 0 Å². The zero-order valence-corrected chi connectivity index (χ0v) is 15.2. The number of nitrogens with zero attached hydrogens (tertiary/aromatic N) is 3. The molecule has 6 heteroatoms. The number of rotatable bonds is 4. The maximum absolute atomic E-state index is 12.2. The van der Waals surface area contributed by atoms with E-state index in [-0.39, 0.29) is 12.1 Å². The smallest absolute Gasteiger partial charge is 0.315 e. The monoisotopic (exact) mass is 341 g/mol. The van der Waals surface area contributed by atoms with E-state index in [1.807, 2.05) is 24.4 Å². The van der Waals surface area contributed by atoms with Gasteiger partial charge in [0.1, 0.15) is 0 Å². The minimum atomic E-state index is -0.103. The minimum Gasteiger partial charge on any atom is -0.335 e. The van der Waals surface area contributed by atoms with E-state index in [1.54, 1.807) is 17.1 Å². The predicted molar refractivity (Wildman–Crippen MR) is 97.3 cm³/mol. The van der Waals surface area contributed by atoms with Crippen LogP contribution in [0.25, 0.3) is 5.82 Å². The molecule has 0 aromatic carbocycles. The van der Waals surface area contributed by atoms with Crippen molar-refractivity contribution in [3.05, 3.63) is 42.4 Å². The summed E-state index contributed by atoms with van der Waals surface area (Å²) in [6, 6.07) is 5.84. The first-order valence-corrected chi connectivity index (χ1v) is 8.92. The van der Waals surface area contributed by atoms with Gasteiger partial charge in [-0.15, -0.1) is 0 Å². The lowest BCUT2D eigenvalue weighted by Crippen LogP contribution is -2.48. The van der Waals surface area contributed by atoms with Crippen molar-refractivity contribution < 1.29 is 4.79 Å². The van der Waals surface area contributed by atoms with Gasteiger partial charge in [-0.25, -0.2) is 14.5 Å². The number of aromatic nitrogens is 3. The van der Waals surface area contributed by atoms with Gasteiger partial charge in [-0.3, -0.25) is 0 Å². The molecule has 1 aliphatic carbocycles. The van der Waals surface area contributed by atoms with Crippen LogP contribution >= 0.6 is 0 Å². The lowest BCUT2D eigenvalue weighted by Gasteiger charge is -2.39. The van der Waals surface area contributed by atoms with Crippen LogP contribution in [0, 0.1) is 11.3 Å². The van der Waals surface area contributed by atoms with Crippen molar-refractivity contribution in [1.82, 2.24) is 25.4 Å². The molecule has 6 nitrogen and oxygen atoms in total. The Morgan fingerprint density at radius 3 is 2.96 bits per heavy atom. The lowest BCUT2D eigenvalue weighted by molar-refractivity contribution is 0.149. The molecule has 1 saturated carbocycles. The number of carbonyl (C=O) groups is 1. The number of hydrogen-bond donors (Lipinski definition) is 2. The van der Waals surface area contributed by atoms with Crippen LogP contribution in [0.1, 0.15) is 45.6 Å². The average molecular weight is 341 g/mol. The standard InChI is InChI=1S/C19H27N5O/c1-14-12-19(2,3)7-5-16(14)23-18(25)21-13-15-6-9-20-17(11-15)24-10-4-8-22-24/h4,6,8-11,14,16H,5,7,12-13H2,1-3H3,(H2,21,23,25). The molecule has 2 heterocycles. The fourth-order valence-electron chi connectivity index (χ4n) is 3.66. The first kappa shape index (κ1) is 17.5. The van der Waals surface area contributed by atoms with E-state index in [1.165, 1.54) is 0 Å². The van der Waals surface area contributed by atoms with Gasteiger partial charge in [0.25, 0.3) is 0 Å². The fourth-order valence-corrected chi connectivity index (χ4v) is 3.66. The lowest BCUT2D eigenvalue weighted by atomic mass is 9.70. The van der Waals surface area contributed by atoms with Crippen LogP contribution in [-0.2, 0) is 6.54 Å². The molecule has 0 aliphatic heterocycles. The highest BCUT2D eigenvalue weighted by Gasteiger charge is 2.32. The first-order chi connectivity index (χ1) is 11.9. The third-order valence-electron chi connectivity index (χ3n) is 5.01. The Kier molecular flexibility index (Phi) is 5.06. The number of nitrogens with one attached hydrogen (secondary N) is 2. The number of urea groups is 1. The fraction of sp³-hybridized carbons (Fsp3) is 0.526. The molecule has 2 aromatic heterocycles. The summed E-state index contributed by atoms with van der Waals surface area (Å²) in [6.45, 7) is 7.31. The van der Waals surface area contributed by atoms with Gasteiger partial charge in [-0.1, -0.05) is 20.8 Å². The summed E-state index contributed by atoms with van der Waals surface area (Å²) in [4.78, 5) is 16.5. The zero-order valence-electron chi connectivity index (χ0n) is 15.2. The average Bonchev–Trinajstić information content (AvgIpc) is 3.10. The zero-order chi connectivity index (χ0) is 17.9. The molecule has 2 N–H and O–H groups in total. The second-order valence-corrected chi connectivity index (χ2v) is 7.79. The summed E-state index contributed by atoms with van der Waals surface area (Å²) in [5.74, 6) is 1.25. The third kappa shape index (κ3) is 4.59. The van der Waals surface area contributed by atoms with Crippen LogP contribution in [0.5, 0.6) is 0 Å². The van der Waals surface area contributed by atoms with Crippen molar-refractivity contribution in [1.29, 1.82) is 0 Å². The summed E-state index contributed by atoms with van der Waals surface area (Å²) in [6.07, 6.45) is 8.64. The van der Waals surface area contributed by atoms with Crippen molar-refractivity contribution >= 4 is 6.03 Å². The molecule has 0 radical (unpaired) electrons. The summed E-state index contributed by atoms with van der Waals surface area (Å²) in [5.41, 5.74) is 1.38. The molecule has 3 rings (SSSR count). The summed E-state index contributed by atoms with van der Waals surface area (Å²) in [7, 11) is 0. The SMILES string of the molecule is CC1CC(C)(C)CCC1NC(=O)NCc1ccnc(-n2cccn2)c1. The summed E-state index contributed by atoms with van der Waals surface area (Å²) in [5, 5.41) is 10.3. The van der Waals surface area contributed by atoms with E-state index >= 15 is 0 Å². The van der Waals surface area contributed by atoms with E-state index in [9.17, 15) is 4.79 Å². The van der Waals surface area contributed by atoms with E-state index in [0.29, 0.717) is 17.9 Å². The quantitative estimate of drug-likeness (QED) is 0.896. The van der Waals surface area contributed by atoms with Gasteiger partial charge in [0.05, 0.1) is 0 Å². The highest BCUT2D eigenvalue weighted by atomic mass is 16.2. The third-order valence-corrected chi connectivity index (χ3v) is 5.01. The normalized spacial score (nSPS) is 22.4. The Labute approximate surface area is 149 Å². The molecule has 25 heavy (non-hydrogen) atoms. The Morgan fingerprint density at radius 2 is 2.24 bits per heavy atom. The Hall–Kier alpha value is -2.37. The second-order valence-electron chi connectivity index (χ2n) is 7.79. The molecule has 1 fully saturated rings. The van der Waals surface area contributed by atoms with E-state index in [2.05, 4.69) is 41.5 Å². The molecule has 2 unspecified atom stereocenters. The molecular weight excluding hydrogens is 314 g/mol. The topological polar surface area (TPSA) is 71.8 Å². The molecule has 2 aromatic rings. The van der Waals surface area contributed by atoms with Crippen molar-refractivity contribution in [3.8, 4) is 5.82 Å². The summed E-state index contributed by atoms with van der Waals surface area (Å²) >= 11 is 0. The van der Waals surface area contributed by atoms with Crippen molar-refractivity contribution in [2.75, 3.05) is 0 Å². The number of carbonyl (C=O) groups excluding carboxylic acids is 1. The van der Waals surface area contributed by atoms with E-state index in [4.69, 9.17) is 0 Å². The predicted octanol–water partition coefficient (Wildman–Crippen LogP) is 3.28. The van der Waals surface area contributed by atoms with Crippen molar-refractivity contribution in [3.63, 3.8) is 0 Å². The van der Waals surface area contributed by atoms with Gasteiger partial charge in [0.2, 0.25) is 0 Å². The van der Waals surface area contributed by atoms with Gasteiger partial charge in [0.15, 0.2) is 5.82 Å². The highest BCUT2D eigenvalue weighted by Crippen LogP contribution is 2.38. The molecule has 2 atom stereocenters. The van der Waals surface area contributed by atoms with Crippen LogP contribution in [0.3, 0.4) is 0 Å². The minimum absolute atomic E-state index is 0.103. The van der Waals surface area contributed by atoms with Crippen LogP contribution < -0.4 is 10.6 Å². The molecule has 2 amide bonds. The molecule has 134 valence electrons. The second kappa shape index (κ2) is 7.25. The first-order valence-electron chi connectivity index (χ1n) is 8.92. The molecule has 0 saturated heterocycles.